The maximum atomic E-state index is 11.3. The fourth-order valence-corrected chi connectivity index (χ4v) is 5.64. The summed E-state index contributed by atoms with van der Waals surface area (Å²) in [6.07, 6.45) is 10.1. The van der Waals surface area contributed by atoms with Gasteiger partial charge in [0.25, 0.3) is 0 Å². The zero-order valence-corrected chi connectivity index (χ0v) is 20.0. The maximum absolute atomic E-state index is 11.3. The molecule has 2 fully saturated rings. The lowest BCUT2D eigenvalue weighted by Crippen LogP contribution is -2.27. The van der Waals surface area contributed by atoms with Gasteiger partial charge in [0, 0.05) is 19.3 Å². The molecule has 0 unspecified atom stereocenters. The van der Waals surface area contributed by atoms with Crippen molar-refractivity contribution in [2.45, 2.75) is 64.1 Å². The van der Waals surface area contributed by atoms with Gasteiger partial charge < -0.3 is 29.5 Å². The molecule has 1 saturated heterocycles. The predicted octanol–water partition coefficient (Wildman–Crippen LogP) is 3.33. The SMILES string of the molecule is CC(=O)Nc1cn2ccc(CC[C@H]3C[C@@H](n4ccc5c(N)ncnc54)[C@@H]4OC(C)(C)O[C@H]34)cc2n1. The Morgan fingerprint density at radius 1 is 1.23 bits per heavy atom. The van der Waals surface area contributed by atoms with Crippen molar-refractivity contribution in [1.29, 1.82) is 0 Å². The van der Waals surface area contributed by atoms with Gasteiger partial charge in [0.1, 0.15) is 29.5 Å². The highest BCUT2D eigenvalue weighted by Crippen LogP contribution is 2.49. The van der Waals surface area contributed by atoms with Crippen LogP contribution >= 0.6 is 0 Å². The van der Waals surface area contributed by atoms with Crippen LogP contribution < -0.4 is 11.1 Å². The summed E-state index contributed by atoms with van der Waals surface area (Å²) in [5, 5.41) is 3.60. The molecule has 4 aromatic heterocycles. The molecule has 1 aliphatic carbocycles. The third-order valence-electron chi connectivity index (χ3n) is 7.08. The van der Waals surface area contributed by atoms with Crippen LogP contribution in [0.1, 0.15) is 45.2 Å². The van der Waals surface area contributed by atoms with Gasteiger partial charge in [-0.1, -0.05) is 0 Å². The van der Waals surface area contributed by atoms with Crippen molar-refractivity contribution in [3.8, 4) is 0 Å². The van der Waals surface area contributed by atoms with E-state index in [0.717, 1.165) is 35.9 Å². The molecule has 0 spiro atoms. The van der Waals surface area contributed by atoms with Crippen molar-refractivity contribution in [1.82, 2.24) is 23.9 Å². The van der Waals surface area contributed by atoms with E-state index in [2.05, 4.69) is 37.0 Å². The van der Waals surface area contributed by atoms with Crippen molar-refractivity contribution < 1.29 is 14.3 Å². The molecule has 10 nitrogen and oxygen atoms in total. The number of nitrogens with two attached hydrogens (primary N) is 1. The molecule has 0 radical (unpaired) electrons. The normalized spacial score (nSPS) is 25.3. The van der Waals surface area contributed by atoms with E-state index in [9.17, 15) is 4.79 Å². The lowest BCUT2D eigenvalue weighted by molar-refractivity contribution is -0.160. The highest BCUT2D eigenvalue weighted by Gasteiger charge is 2.54. The van der Waals surface area contributed by atoms with E-state index in [1.807, 2.05) is 42.9 Å². The fourth-order valence-electron chi connectivity index (χ4n) is 5.64. The van der Waals surface area contributed by atoms with Crippen molar-refractivity contribution in [3.05, 3.63) is 48.7 Å². The second-order valence-electron chi connectivity index (χ2n) is 9.99. The van der Waals surface area contributed by atoms with Crippen LogP contribution in [-0.2, 0) is 20.7 Å². The quantitative estimate of drug-likeness (QED) is 0.454. The summed E-state index contributed by atoms with van der Waals surface area (Å²) in [5.74, 6) is 0.607. The molecule has 4 aromatic rings. The van der Waals surface area contributed by atoms with Crippen LogP contribution in [0, 0.1) is 5.92 Å². The topological polar surface area (TPSA) is 122 Å². The number of aromatic nitrogens is 5. The van der Waals surface area contributed by atoms with Crippen LogP contribution in [0.3, 0.4) is 0 Å². The smallest absolute Gasteiger partial charge is 0.222 e. The molecule has 0 aromatic carbocycles. The van der Waals surface area contributed by atoms with Gasteiger partial charge in [-0.15, -0.1) is 0 Å². The molecule has 10 heteroatoms. The second kappa shape index (κ2) is 8.03. The molecule has 3 N–H and O–H groups in total. The summed E-state index contributed by atoms with van der Waals surface area (Å²) in [5.41, 5.74) is 8.91. The van der Waals surface area contributed by atoms with Crippen LogP contribution in [-0.4, -0.2) is 47.8 Å². The lowest BCUT2D eigenvalue weighted by atomic mass is 9.96. The van der Waals surface area contributed by atoms with E-state index in [0.29, 0.717) is 17.6 Å². The number of nitrogen functional groups attached to an aromatic ring is 1. The number of aryl methyl sites for hydroxylation is 1. The van der Waals surface area contributed by atoms with Gasteiger partial charge in [-0.2, -0.15) is 0 Å². The largest absolute Gasteiger partial charge is 0.383 e. The molecule has 5 heterocycles. The number of hydrogen-bond donors (Lipinski definition) is 2. The summed E-state index contributed by atoms with van der Waals surface area (Å²) in [4.78, 5) is 24.5. The maximum Gasteiger partial charge on any atom is 0.222 e. The Kier molecular flexibility index (Phi) is 5.05. The molecule has 1 aliphatic heterocycles. The van der Waals surface area contributed by atoms with Crippen LogP contribution in [0.5, 0.6) is 0 Å². The van der Waals surface area contributed by atoms with Crippen LogP contribution in [0.25, 0.3) is 16.7 Å². The van der Waals surface area contributed by atoms with Crippen molar-refractivity contribution in [2.24, 2.45) is 5.92 Å². The van der Waals surface area contributed by atoms with E-state index in [1.54, 1.807) is 0 Å². The molecular formula is C25H29N7O3. The van der Waals surface area contributed by atoms with Gasteiger partial charge in [0.15, 0.2) is 11.6 Å². The van der Waals surface area contributed by atoms with Crippen molar-refractivity contribution in [2.75, 3.05) is 11.1 Å². The standard InChI is InChI=1S/C25H29N7O3/c1-14(33)29-19-12-31-8-6-15(10-20(31)30-19)4-5-16-11-18(22-21(16)34-25(2,3)35-22)32-9-7-17-23(26)27-13-28-24(17)32/h6-10,12-13,16,18,21-22H,4-5,11H2,1-3H3,(H,29,33)(H2,26,27,28)/t16-,18+,21+,22-/m0/s1. The number of hydrogen-bond acceptors (Lipinski definition) is 7. The predicted molar refractivity (Wildman–Crippen MR) is 131 cm³/mol. The van der Waals surface area contributed by atoms with E-state index >= 15 is 0 Å². The van der Waals surface area contributed by atoms with Gasteiger partial charge in [0.2, 0.25) is 5.91 Å². The number of fused-ring (bicyclic) bond motifs is 3. The van der Waals surface area contributed by atoms with Gasteiger partial charge in [-0.25, -0.2) is 15.0 Å². The van der Waals surface area contributed by atoms with Gasteiger partial charge >= 0.3 is 0 Å². The Morgan fingerprint density at radius 2 is 2.06 bits per heavy atom. The molecule has 1 saturated carbocycles. The summed E-state index contributed by atoms with van der Waals surface area (Å²) < 4.78 is 16.9. The average Bonchev–Trinajstić information content (AvgIpc) is 3.53. The number of nitrogens with one attached hydrogen (secondary N) is 1. The van der Waals surface area contributed by atoms with E-state index in [1.165, 1.54) is 18.8 Å². The van der Waals surface area contributed by atoms with Gasteiger partial charge in [-0.3, -0.25) is 4.79 Å². The highest BCUT2D eigenvalue weighted by molar-refractivity contribution is 5.88. The number of carbonyl (C=O) groups is 1. The molecule has 6 rings (SSSR count). The van der Waals surface area contributed by atoms with Gasteiger partial charge in [0.05, 0.1) is 23.7 Å². The Bertz CT molecular complexity index is 1430. The van der Waals surface area contributed by atoms with Crippen molar-refractivity contribution >= 4 is 34.2 Å². The number of amides is 1. The molecule has 1 amide bonds. The van der Waals surface area contributed by atoms with Crippen LogP contribution in [0.15, 0.2) is 43.1 Å². The zero-order chi connectivity index (χ0) is 24.3. The summed E-state index contributed by atoms with van der Waals surface area (Å²) in [6.45, 7) is 5.44. The minimum Gasteiger partial charge on any atom is -0.383 e. The third-order valence-corrected chi connectivity index (χ3v) is 7.08. The van der Waals surface area contributed by atoms with Gasteiger partial charge in [-0.05, 0) is 62.8 Å². The minimum absolute atomic E-state index is 0.00756. The Hall–Kier alpha value is -3.50. The molecule has 4 atom stereocenters. The lowest BCUT2D eigenvalue weighted by Gasteiger charge is -2.24. The number of ether oxygens (including phenoxy) is 2. The number of imidazole rings is 1. The Morgan fingerprint density at radius 3 is 2.89 bits per heavy atom. The number of rotatable bonds is 5. The van der Waals surface area contributed by atoms with Crippen LogP contribution in [0.4, 0.5) is 11.6 Å². The molecule has 2 aliphatic rings. The van der Waals surface area contributed by atoms with E-state index in [4.69, 9.17) is 15.2 Å². The number of nitrogens with zero attached hydrogens (tertiary/aromatic N) is 5. The Labute approximate surface area is 202 Å². The zero-order valence-electron chi connectivity index (χ0n) is 20.0. The molecule has 35 heavy (non-hydrogen) atoms. The average molecular weight is 476 g/mol. The number of anilines is 2. The second-order valence-corrected chi connectivity index (χ2v) is 9.99. The summed E-state index contributed by atoms with van der Waals surface area (Å²) in [7, 11) is 0. The third kappa shape index (κ3) is 3.92. The first-order valence-electron chi connectivity index (χ1n) is 12.0. The van der Waals surface area contributed by atoms with E-state index < -0.39 is 5.79 Å². The number of pyridine rings is 1. The highest BCUT2D eigenvalue weighted by atomic mass is 16.8. The summed E-state index contributed by atoms with van der Waals surface area (Å²) >= 11 is 0. The first-order valence-corrected chi connectivity index (χ1v) is 12.0. The van der Waals surface area contributed by atoms with Crippen molar-refractivity contribution in [3.63, 3.8) is 0 Å². The molecule has 182 valence electrons. The monoisotopic (exact) mass is 475 g/mol. The first-order chi connectivity index (χ1) is 16.8. The summed E-state index contributed by atoms with van der Waals surface area (Å²) in [6, 6.07) is 6.26. The Balaban J connectivity index is 1.24. The molecular weight excluding hydrogens is 446 g/mol. The fraction of sp³-hybridized carbons (Fsp3) is 0.440. The van der Waals surface area contributed by atoms with Crippen LogP contribution in [0.2, 0.25) is 0 Å². The first kappa shape index (κ1) is 22.0. The minimum atomic E-state index is -0.627. The van der Waals surface area contributed by atoms with E-state index in [-0.39, 0.29) is 24.2 Å². The molecule has 0 bridgehead atoms. The number of carbonyl (C=O) groups excluding carboxylic acids is 1.